The van der Waals surface area contributed by atoms with E-state index in [1.807, 2.05) is 30.3 Å². The number of hydrogen-bond acceptors (Lipinski definition) is 0. The summed E-state index contributed by atoms with van der Waals surface area (Å²) >= 11 is 0. The van der Waals surface area contributed by atoms with Crippen molar-refractivity contribution in [2.24, 2.45) is 0 Å². The van der Waals surface area contributed by atoms with Crippen LogP contribution in [0.4, 0.5) is 0 Å². The average Bonchev–Trinajstić information content (AvgIpc) is 3.46. The quantitative estimate of drug-likeness (QED) is 0.172. The molecule has 0 fully saturated rings. The van der Waals surface area contributed by atoms with Crippen LogP contribution in [0.5, 0.6) is 0 Å². The first-order valence-corrected chi connectivity index (χ1v) is 13.5. The van der Waals surface area contributed by atoms with E-state index >= 15 is 0 Å². The van der Waals surface area contributed by atoms with Gasteiger partial charge in [0.25, 0.3) is 0 Å². The van der Waals surface area contributed by atoms with Gasteiger partial charge in [-0.2, -0.15) is 6.07 Å². The zero-order valence-electron chi connectivity index (χ0n) is 18.8. The molecule has 168 valence electrons. The molecule has 3 heteroatoms. The van der Waals surface area contributed by atoms with E-state index < -0.39 is 7.92 Å². The summed E-state index contributed by atoms with van der Waals surface area (Å²) in [4.78, 5) is 0. The molecule has 0 aliphatic carbocycles. The maximum atomic E-state index is 2.40. The molecule has 0 aromatic heterocycles. The average molecular weight is 486 g/mol. The Kier molecular flexibility index (Phi) is 10.4. The minimum absolute atomic E-state index is 0. The third kappa shape index (κ3) is 7.00. The Bertz CT molecular complexity index is 910. The Morgan fingerprint density at radius 1 is 0.710 bits per heavy atom. The molecule has 4 aromatic carbocycles. The molecule has 0 bridgehead atoms. The van der Waals surface area contributed by atoms with Crippen LogP contribution in [0.2, 0.25) is 0 Å². The summed E-state index contributed by atoms with van der Waals surface area (Å²) in [5.41, 5.74) is 0. The molecule has 0 amide bonds. The maximum Gasteiger partial charge on any atom is 0 e. The monoisotopic (exact) mass is 486 g/mol. The predicted molar refractivity (Wildman–Crippen MR) is 140 cm³/mol. The molecule has 31 heavy (non-hydrogen) atoms. The van der Waals surface area contributed by atoms with Crippen LogP contribution in [0.15, 0.2) is 109 Å². The fourth-order valence-corrected chi connectivity index (χ4v) is 9.35. The van der Waals surface area contributed by atoms with Crippen molar-refractivity contribution in [1.29, 1.82) is 0 Å². The minimum atomic E-state index is -0.499. The van der Waals surface area contributed by atoms with Crippen molar-refractivity contribution in [1.82, 2.24) is 0 Å². The van der Waals surface area contributed by atoms with Crippen molar-refractivity contribution in [3.8, 4) is 0 Å². The minimum Gasteiger partial charge on any atom is -0.748 e. The molecule has 0 spiro atoms. The zero-order chi connectivity index (χ0) is 21.4. The van der Waals surface area contributed by atoms with Crippen LogP contribution < -0.4 is 21.2 Å². The summed E-state index contributed by atoms with van der Waals surface area (Å²) < 4.78 is 0. The van der Waals surface area contributed by atoms with Crippen molar-refractivity contribution < 1.29 is 17.1 Å². The zero-order valence-corrected chi connectivity index (χ0v) is 21.7. The van der Waals surface area contributed by atoms with Gasteiger partial charge < -0.3 is 30.3 Å². The van der Waals surface area contributed by atoms with Gasteiger partial charge in [0.1, 0.15) is 0 Å². The molecule has 1 atom stereocenters. The molecule has 4 rings (SSSR count). The van der Waals surface area contributed by atoms with Gasteiger partial charge in [-0.1, -0.05) is 88.4 Å². The molecule has 0 heterocycles. The SMILES string of the molecule is CC[P@@]([c-]1cccc1P(c1ccccc1)c1ccccc1)C(C)(C)C.[Fe].[cH-]1[cH-][cH-][cH-][cH-]1. The summed E-state index contributed by atoms with van der Waals surface area (Å²) in [6, 6.07) is 39.1. The Morgan fingerprint density at radius 3 is 1.55 bits per heavy atom. The van der Waals surface area contributed by atoms with Gasteiger partial charge in [0.05, 0.1) is 0 Å². The molecule has 0 nitrogen and oxygen atoms in total. The van der Waals surface area contributed by atoms with Crippen LogP contribution in [-0.2, 0) is 17.1 Å². The molecule has 0 aliphatic heterocycles. The van der Waals surface area contributed by atoms with E-state index in [4.69, 9.17) is 0 Å². The molecule has 0 N–H and O–H groups in total. The van der Waals surface area contributed by atoms with E-state index in [2.05, 4.69) is 107 Å². The van der Waals surface area contributed by atoms with Crippen molar-refractivity contribution in [3.63, 3.8) is 0 Å². The molecule has 0 unspecified atom stereocenters. The van der Waals surface area contributed by atoms with Crippen LogP contribution in [0, 0.1) is 0 Å². The first-order valence-electron chi connectivity index (χ1n) is 10.6. The topological polar surface area (TPSA) is 0 Å². The standard InChI is InChI=1S/C23H27P2.C5H5.Fe/c1-5-24(23(2,3)4)21-17-12-18-22(21)25(19-13-8-6-9-14-19)20-15-10-7-11-16-20;1-2-4-5-3-1;/h6-18H,5H2,1-4H3;1-5H;/q-1;-5;/t24-;;/m0../s1. The second-order valence-corrected chi connectivity index (χ2v) is 13.7. The van der Waals surface area contributed by atoms with Gasteiger partial charge in [-0.25, -0.2) is 12.1 Å². The first-order chi connectivity index (χ1) is 14.5. The fraction of sp³-hybridized carbons (Fsp3) is 0.214. The largest absolute Gasteiger partial charge is 0.748 e. The van der Waals surface area contributed by atoms with Gasteiger partial charge in [-0.15, -0.1) is 18.5 Å². The van der Waals surface area contributed by atoms with Crippen molar-refractivity contribution in [2.75, 3.05) is 6.16 Å². The Balaban J connectivity index is 0.000000501. The summed E-state index contributed by atoms with van der Waals surface area (Å²) in [6.45, 7) is 9.53. The molecular formula is C28H32FeP2-6. The number of benzene rings is 2. The Labute approximate surface area is 201 Å². The summed E-state index contributed by atoms with van der Waals surface area (Å²) in [5, 5.41) is 6.37. The van der Waals surface area contributed by atoms with E-state index in [0.717, 1.165) is 0 Å². The van der Waals surface area contributed by atoms with Crippen molar-refractivity contribution in [2.45, 2.75) is 32.9 Å². The van der Waals surface area contributed by atoms with Crippen LogP contribution in [0.25, 0.3) is 0 Å². The van der Waals surface area contributed by atoms with Crippen LogP contribution >= 0.6 is 15.8 Å². The van der Waals surface area contributed by atoms with Crippen LogP contribution in [-0.4, -0.2) is 11.3 Å². The van der Waals surface area contributed by atoms with Crippen molar-refractivity contribution >= 4 is 37.1 Å². The van der Waals surface area contributed by atoms with Crippen molar-refractivity contribution in [3.05, 3.63) is 109 Å². The van der Waals surface area contributed by atoms with Gasteiger partial charge in [-0.3, -0.25) is 0 Å². The summed E-state index contributed by atoms with van der Waals surface area (Å²) in [6.07, 6.45) is 1.24. The van der Waals surface area contributed by atoms with Gasteiger partial charge in [0, 0.05) is 17.1 Å². The second kappa shape index (κ2) is 12.5. The van der Waals surface area contributed by atoms with E-state index in [1.165, 1.54) is 16.8 Å². The van der Waals surface area contributed by atoms with E-state index in [1.54, 1.807) is 10.6 Å². The third-order valence-corrected chi connectivity index (χ3v) is 10.9. The molecule has 0 aliphatic rings. The third-order valence-electron chi connectivity index (χ3n) is 5.01. The molecule has 0 saturated heterocycles. The van der Waals surface area contributed by atoms with Crippen LogP contribution in [0.3, 0.4) is 0 Å². The molecule has 0 radical (unpaired) electrons. The fourth-order valence-electron chi connectivity index (χ4n) is 3.73. The Morgan fingerprint density at radius 2 is 1.16 bits per heavy atom. The summed E-state index contributed by atoms with van der Waals surface area (Å²) in [5.74, 6) is 0. The van der Waals surface area contributed by atoms with Gasteiger partial charge in [0.2, 0.25) is 0 Å². The maximum absolute atomic E-state index is 2.40. The summed E-state index contributed by atoms with van der Waals surface area (Å²) in [7, 11) is -0.674. The molecule has 4 aromatic rings. The second-order valence-electron chi connectivity index (χ2n) is 8.18. The number of rotatable bonds is 5. The van der Waals surface area contributed by atoms with Gasteiger partial charge in [0.15, 0.2) is 0 Å². The van der Waals surface area contributed by atoms with E-state index in [0.29, 0.717) is 5.16 Å². The normalized spacial score (nSPS) is 11.9. The Hall–Kier alpha value is -1.48. The van der Waals surface area contributed by atoms with Gasteiger partial charge in [-0.05, 0) is 29.8 Å². The van der Waals surface area contributed by atoms with E-state index in [-0.39, 0.29) is 25.0 Å². The smallest absolute Gasteiger partial charge is 0 e. The molecular weight excluding hydrogens is 454 g/mol. The first kappa shape index (κ1) is 25.8. The molecule has 0 saturated carbocycles. The predicted octanol–water partition coefficient (Wildman–Crippen LogP) is 6.49. The van der Waals surface area contributed by atoms with E-state index in [9.17, 15) is 0 Å². The number of hydrogen-bond donors (Lipinski definition) is 0. The van der Waals surface area contributed by atoms with Crippen LogP contribution in [0.1, 0.15) is 27.7 Å². The van der Waals surface area contributed by atoms with Gasteiger partial charge >= 0.3 is 0 Å².